The van der Waals surface area contributed by atoms with Crippen molar-refractivity contribution in [2.24, 2.45) is 7.05 Å². The first-order valence-electron chi connectivity index (χ1n) is 3.37. The fourth-order valence-electron chi connectivity index (χ4n) is 0.875. The number of nitrogens with one attached hydrogen (secondary N) is 1. The van der Waals surface area contributed by atoms with Crippen molar-refractivity contribution in [3.05, 3.63) is 27.1 Å². The van der Waals surface area contributed by atoms with Crippen LogP contribution >= 0.6 is 15.9 Å². The average Bonchev–Trinajstić information content (AvgIpc) is 1.98. The lowest BCUT2D eigenvalue weighted by Gasteiger charge is -2.03. The molecule has 0 aliphatic heterocycles. The Labute approximate surface area is 82.1 Å². The molecule has 0 spiro atoms. The molecule has 0 aliphatic carbocycles. The minimum atomic E-state index is -1.25. The number of carboxylic acid groups (broad SMARTS) is 1. The fraction of sp³-hybridized carbons (Fsp3) is 0.143. The van der Waals surface area contributed by atoms with Gasteiger partial charge >= 0.3 is 6.09 Å². The third-order valence-electron chi connectivity index (χ3n) is 1.39. The van der Waals surface area contributed by atoms with E-state index in [1.165, 1.54) is 10.6 Å². The summed E-state index contributed by atoms with van der Waals surface area (Å²) < 4.78 is 1.92. The molecule has 5 nitrogen and oxygen atoms in total. The van der Waals surface area contributed by atoms with Crippen molar-refractivity contribution in [3.63, 3.8) is 0 Å². The summed E-state index contributed by atoms with van der Waals surface area (Å²) in [5, 5.41) is 10.4. The summed E-state index contributed by atoms with van der Waals surface area (Å²) >= 11 is 3.14. The second kappa shape index (κ2) is 3.61. The highest BCUT2D eigenvalue weighted by atomic mass is 79.9. The molecule has 2 N–H and O–H groups in total. The van der Waals surface area contributed by atoms with E-state index in [1.807, 2.05) is 5.32 Å². The zero-order chi connectivity index (χ0) is 10.0. The number of aromatic nitrogens is 1. The standard InChI is InChI=1S/C7H7BrN2O3/c1-10-3-4(8)2-5(6(10)11)9-7(12)13/h2-3,9H,1H3,(H,12,13). The lowest BCUT2D eigenvalue weighted by Crippen LogP contribution is -2.22. The smallest absolute Gasteiger partial charge is 0.409 e. The van der Waals surface area contributed by atoms with E-state index in [4.69, 9.17) is 5.11 Å². The molecule has 0 saturated heterocycles. The first-order valence-corrected chi connectivity index (χ1v) is 4.16. The van der Waals surface area contributed by atoms with Crippen LogP contribution in [-0.4, -0.2) is 15.8 Å². The van der Waals surface area contributed by atoms with Crippen LogP contribution in [0.2, 0.25) is 0 Å². The molecule has 0 aliphatic rings. The maximum Gasteiger partial charge on any atom is 0.409 e. The number of amides is 1. The van der Waals surface area contributed by atoms with Crippen LogP contribution < -0.4 is 10.9 Å². The van der Waals surface area contributed by atoms with Gasteiger partial charge in [0.05, 0.1) is 0 Å². The topological polar surface area (TPSA) is 71.3 Å². The number of pyridine rings is 1. The molecule has 1 aromatic rings. The second-order valence-corrected chi connectivity index (χ2v) is 3.33. The van der Waals surface area contributed by atoms with Crippen LogP contribution in [-0.2, 0) is 7.05 Å². The van der Waals surface area contributed by atoms with Gasteiger partial charge in [0.25, 0.3) is 5.56 Å². The van der Waals surface area contributed by atoms with Crippen molar-refractivity contribution in [1.82, 2.24) is 4.57 Å². The Bertz CT molecular complexity index is 399. The Morgan fingerprint density at radius 3 is 2.85 bits per heavy atom. The summed E-state index contributed by atoms with van der Waals surface area (Å²) in [7, 11) is 1.54. The van der Waals surface area contributed by atoms with Crippen LogP contribution in [0.4, 0.5) is 10.5 Å². The summed E-state index contributed by atoms with van der Waals surface area (Å²) in [4.78, 5) is 21.5. The Morgan fingerprint density at radius 2 is 2.31 bits per heavy atom. The van der Waals surface area contributed by atoms with Crippen LogP contribution in [0.1, 0.15) is 0 Å². The molecule has 1 amide bonds. The highest BCUT2D eigenvalue weighted by Gasteiger charge is 2.05. The number of carbonyl (C=O) groups is 1. The molecular formula is C7H7BrN2O3. The minimum Gasteiger partial charge on any atom is -0.465 e. The highest BCUT2D eigenvalue weighted by Crippen LogP contribution is 2.10. The Hall–Kier alpha value is -1.30. The van der Waals surface area contributed by atoms with Gasteiger partial charge in [-0.15, -0.1) is 0 Å². The monoisotopic (exact) mass is 246 g/mol. The first kappa shape index (κ1) is 9.79. The van der Waals surface area contributed by atoms with E-state index in [-0.39, 0.29) is 11.2 Å². The Balaban J connectivity index is 3.21. The summed E-state index contributed by atoms with van der Waals surface area (Å²) in [5.41, 5.74) is -0.352. The molecule has 70 valence electrons. The molecule has 0 bridgehead atoms. The third kappa shape index (κ3) is 2.32. The fourth-order valence-corrected chi connectivity index (χ4v) is 1.41. The van der Waals surface area contributed by atoms with Gasteiger partial charge in [-0.2, -0.15) is 0 Å². The summed E-state index contributed by atoms with van der Waals surface area (Å²) in [5.74, 6) is 0. The quantitative estimate of drug-likeness (QED) is 0.784. The predicted molar refractivity (Wildman–Crippen MR) is 51.0 cm³/mol. The lowest BCUT2D eigenvalue weighted by atomic mass is 10.4. The molecule has 0 radical (unpaired) electrons. The largest absolute Gasteiger partial charge is 0.465 e. The van der Waals surface area contributed by atoms with E-state index in [0.717, 1.165) is 0 Å². The van der Waals surface area contributed by atoms with Gasteiger partial charge in [-0.1, -0.05) is 0 Å². The molecule has 0 aromatic carbocycles. The first-order chi connectivity index (χ1) is 6.00. The molecule has 1 aromatic heterocycles. The maximum absolute atomic E-state index is 11.3. The molecule has 1 rings (SSSR count). The van der Waals surface area contributed by atoms with Gasteiger partial charge in [0.1, 0.15) is 5.69 Å². The molecule has 0 unspecified atom stereocenters. The number of hydrogen-bond donors (Lipinski definition) is 2. The normalized spacial score (nSPS) is 9.69. The van der Waals surface area contributed by atoms with E-state index in [1.54, 1.807) is 13.2 Å². The highest BCUT2D eigenvalue weighted by molar-refractivity contribution is 9.10. The number of nitrogens with zero attached hydrogens (tertiary/aromatic N) is 1. The van der Waals surface area contributed by atoms with Crippen LogP contribution in [0.5, 0.6) is 0 Å². The van der Waals surface area contributed by atoms with Gasteiger partial charge in [0, 0.05) is 17.7 Å². The van der Waals surface area contributed by atoms with Crippen LogP contribution in [0.25, 0.3) is 0 Å². The van der Waals surface area contributed by atoms with Crippen LogP contribution in [0, 0.1) is 0 Å². The SMILES string of the molecule is Cn1cc(Br)cc(NC(=O)O)c1=O. The average molecular weight is 247 g/mol. The van der Waals surface area contributed by atoms with Gasteiger partial charge in [-0.3, -0.25) is 10.1 Å². The second-order valence-electron chi connectivity index (χ2n) is 2.42. The van der Waals surface area contributed by atoms with Gasteiger partial charge in [-0.25, -0.2) is 4.79 Å². The predicted octanol–water partition coefficient (Wildman–Crippen LogP) is 1.24. The van der Waals surface area contributed by atoms with Crippen molar-refractivity contribution in [2.75, 3.05) is 5.32 Å². The molecule has 13 heavy (non-hydrogen) atoms. The van der Waals surface area contributed by atoms with E-state index >= 15 is 0 Å². The maximum atomic E-state index is 11.3. The number of hydrogen-bond acceptors (Lipinski definition) is 2. The van der Waals surface area contributed by atoms with Crippen LogP contribution in [0.15, 0.2) is 21.5 Å². The van der Waals surface area contributed by atoms with Crippen molar-refractivity contribution < 1.29 is 9.90 Å². The van der Waals surface area contributed by atoms with E-state index < -0.39 is 6.09 Å². The van der Waals surface area contributed by atoms with Gasteiger partial charge in [-0.05, 0) is 22.0 Å². The zero-order valence-electron chi connectivity index (χ0n) is 6.74. The van der Waals surface area contributed by atoms with Crippen molar-refractivity contribution in [1.29, 1.82) is 0 Å². The van der Waals surface area contributed by atoms with Crippen molar-refractivity contribution in [2.45, 2.75) is 0 Å². The Kier molecular flexibility index (Phi) is 2.72. The van der Waals surface area contributed by atoms with E-state index in [2.05, 4.69) is 15.9 Å². The molecule has 6 heteroatoms. The third-order valence-corrected chi connectivity index (χ3v) is 1.83. The number of halogens is 1. The van der Waals surface area contributed by atoms with Crippen molar-refractivity contribution >= 4 is 27.7 Å². The van der Waals surface area contributed by atoms with Crippen molar-refractivity contribution in [3.8, 4) is 0 Å². The lowest BCUT2D eigenvalue weighted by molar-refractivity contribution is 0.209. The van der Waals surface area contributed by atoms with E-state index in [0.29, 0.717) is 4.47 Å². The summed E-state index contributed by atoms with van der Waals surface area (Å²) in [6.45, 7) is 0. The minimum absolute atomic E-state index is 0.0318. The van der Waals surface area contributed by atoms with Gasteiger partial charge < -0.3 is 9.67 Å². The van der Waals surface area contributed by atoms with Gasteiger partial charge in [0.15, 0.2) is 0 Å². The molecule has 0 saturated carbocycles. The zero-order valence-corrected chi connectivity index (χ0v) is 8.33. The number of rotatable bonds is 1. The number of anilines is 1. The summed E-state index contributed by atoms with van der Waals surface area (Å²) in [6.07, 6.45) is 0.297. The molecule has 0 fully saturated rings. The molecule has 0 atom stereocenters. The summed E-state index contributed by atoms with van der Waals surface area (Å²) in [6, 6.07) is 1.41. The van der Waals surface area contributed by atoms with E-state index in [9.17, 15) is 9.59 Å². The van der Waals surface area contributed by atoms with Crippen LogP contribution in [0.3, 0.4) is 0 Å². The van der Waals surface area contributed by atoms with Gasteiger partial charge in [0.2, 0.25) is 0 Å². The molecular weight excluding hydrogens is 240 g/mol. The Morgan fingerprint density at radius 1 is 1.69 bits per heavy atom. The molecule has 1 heterocycles. The number of aryl methyl sites for hydroxylation is 1.